The van der Waals surface area contributed by atoms with Crippen LogP contribution in [0.4, 0.5) is 0 Å². The zero-order chi connectivity index (χ0) is 42.1. The van der Waals surface area contributed by atoms with Crippen LogP contribution in [0.25, 0.3) is 105 Å². The fourth-order valence-electron chi connectivity index (χ4n) is 11.3. The van der Waals surface area contributed by atoms with E-state index in [4.69, 9.17) is 4.42 Å². The lowest BCUT2D eigenvalue weighted by molar-refractivity contribution is 0.660. The number of furan rings is 1. The summed E-state index contributed by atoms with van der Waals surface area (Å²) in [6.07, 6.45) is 9.66. The van der Waals surface area contributed by atoms with Gasteiger partial charge in [0.25, 0.3) is 0 Å². The lowest BCUT2D eigenvalue weighted by atomic mass is 9.79. The molecule has 0 amide bonds. The van der Waals surface area contributed by atoms with E-state index in [1.807, 2.05) is 30.0 Å². The van der Waals surface area contributed by atoms with Crippen molar-refractivity contribution in [3.05, 3.63) is 215 Å². The molecule has 1 aliphatic heterocycles. The third kappa shape index (κ3) is 5.25. The Morgan fingerprint density at radius 2 is 1.21 bits per heavy atom. The first-order valence-corrected chi connectivity index (χ1v) is 22.8. The standard InChI is InChI=1S/C61H42OS/c1-5-35-14-13-20-45(41(35)6-2)60-48-18-9-7-16-46(48)59(47-17-8-10-19-49(47)60)38-23-26-43-42-25-22-37(31-53(42)61(3,4)54(43)32-38)36-24-27-57-51(28-36)52-30-39-29-50-44-15-11-12-21-55(44)62-56(50)33-40(39)34-58(52)63-57/h5-27,29-34,51H,1-2,28H2,3-4H3. The summed E-state index contributed by atoms with van der Waals surface area (Å²) in [5.41, 5.74) is 18.5. The van der Waals surface area contributed by atoms with E-state index in [2.05, 4.69) is 185 Å². The Morgan fingerprint density at radius 1 is 0.556 bits per heavy atom. The van der Waals surface area contributed by atoms with Crippen molar-refractivity contribution in [3.63, 3.8) is 0 Å². The highest BCUT2D eigenvalue weighted by atomic mass is 32.2. The van der Waals surface area contributed by atoms with Gasteiger partial charge in [-0.25, -0.2) is 0 Å². The lowest BCUT2D eigenvalue weighted by Crippen LogP contribution is -2.15. The maximum absolute atomic E-state index is 6.26. The van der Waals surface area contributed by atoms with Crippen molar-refractivity contribution in [3.8, 4) is 33.4 Å². The van der Waals surface area contributed by atoms with Crippen molar-refractivity contribution in [2.75, 3.05) is 0 Å². The summed E-state index contributed by atoms with van der Waals surface area (Å²) in [6.45, 7) is 13.2. The molecular weight excluding hydrogens is 781 g/mol. The average molecular weight is 823 g/mol. The van der Waals surface area contributed by atoms with Crippen molar-refractivity contribution in [2.45, 2.75) is 36.5 Å². The number of para-hydroxylation sites is 1. The van der Waals surface area contributed by atoms with E-state index in [0.717, 1.165) is 28.7 Å². The fraction of sp³-hybridized carbons (Fsp3) is 0.0820. The van der Waals surface area contributed by atoms with Crippen LogP contribution in [0, 0.1) is 0 Å². The molecule has 0 N–H and O–H groups in total. The zero-order valence-corrected chi connectivity index (χ0v) is 36.1. The van der Waals surface area contributed by atoms with Gasteiger partial charge in [-0.2, -0.15) is 0 Å². The molecule has 63 heavy (non-hydrogen) atoms. The van der Waals surface area contributed by atoms with Crippen molar-refractivity contribution in [2.24, 2.45) is 0 Å². The van der Waals surface area contributed by atoms with Crippen molar-refractivity contribution in [1.82, 2.24) is 0 Å². The van der Waals surface area contributed by atoms with Crippen LogP contribution in [0.15, 0.2) is 191 Å². The molecule has 1 unspecified atom stereocenters. The van der Waals surface area contributed by atoms with Crippen LogP contribution in [0.5, 0.6) is 0 Å². The smallest absolute Gasteiger partial charge is 0.136 e. The molecule has 0 saturated heterocycles. The van der Waals surface area contributed by atoms with Gasteiger partial charge in [-0.15, -0.1) is 0 Å². The van der Waals surface area contributed by atoms with Crippen LogP contribution in [0.2, 0.25) is 0 Å². The second kappa shape index (κ2) is 13.4. The molecule has 2 aliphatic carbocycles. The summed E-state index contributed by atoms with van der Waals surface area (Å²) in [6, 6.07) is 56.6. The molecule has 0 bridgehead atoms. The topological polar surface area (TPSA) is 13.1 Å². The van der Waals surface area contributed by atoms with Crippen LogP contribution < -0.4 is 0 Å². The first-order chi connectivity index (χ1) is 30.9. The SMILES string of the molecule is C=Cc1cccc(-c2c3ccccc3c(-c3ccc4c(c3)C(C)(C)c3cc(C5=CC=C6Sc7cc8cc9oc%10ccccc%10c9cc8cc7C6C5)ccc3-4)c3ccccc23)c1C=C. The van der Waals surface area contributed by atoms with Crippen LogP contribution in [-0.4, -0.2) is 0 Å². The molecule has 2 heteroatoms. The predicted octanol–water partition coefficient (Wildman–Crippen LogP) is 17.5. The minimum Gasteiger partial charge on any atom is -0.456 e. The molecule has 1 atom stereocenters. The van der Waals surface area contributed by atoms with E-state index in [1.165, 1.54) is 114 Å². The van der Waals surface area contributed by atoms with Gasteiger partial charge >= 0.3 is 0 Å². The molecule has 0 radical (unpaired) electrons. The molecule has 0 saturated carbocycles. The third-order valence-corrected chi connectivity index (χ3v) is 15.6. The molecule has 10 aromatic rings. The molecule has 0 spiro atoms. The lowest BCUT2D eigenvalue weighted by Gasteiger charge is -2.25. The highest BCUT2D eigenvalue weighted by Gasteiger charge is 2.37. The van der Waals surface area contributed by atoms with Crippen LogP contribution in [0.3, 0.4) is 0 Å². The largest absolute Gasteiger partial charge is 0.456 e. The number of rotatable bonds is 5. The van der Waals surface area contributed by atoms with Gasteiger partial charge in [-0.1, -0.05) is 172 Å². The molecule has 9 aromatic carbocycles. The van der Waals surface area contributed by atoms with E-state index in [0.29, 0.717) is 5.92 Å². The molecule has 298 valence electrons. The Morgan fingerprint density at radius 3 is 1.92 bits per heavy atom. The van der Waals surface area contributed by atoms with Gasteiger partial charge in [0.05, 0.1) is 0 Å². The monoisotopic (exact) mass is 822 g/mol. The highest BCUT2D eigenvalue weighted by molar-refractivity contribution is 8.03. The van der Waals surface area contributed by atoms with Gasteiger partial charge < -0.3 is 4.42 Å². The van der Waals surface area contributed by atoms with Crippen molar-refractivity contribution in [1.29, 1.82) is 0 Å². The number of thioether (sulfide) groups is 1. The van der Waals surface area contributed by atoms with Crippen molar-refractivity contribution < 1.29 is 4.42 Å². The Labute approximate surface area is 371 Å². The number of benzene rings is 9. The molecule has 1 nitrogen and oxygen atoms in total. The van der Waals surface area contributed by atoms with Gasteiger partial charge in [0.2, 0.25) is 0 Å². The molecule has 1 aromatic heterocycles. The molecule has 0 fully saturated rings. The van der Waals surface area contributed by atoms with Gasteiger partial charge in [-0.05, 0) is 158 Å². The summed E-state index contributed by atoms with van der Waals surface area (Å²) in [4.78, 5) is 2.81. The summed E-state index contributed by atoms with van der Waals surface area (Å²) in [5.74, 6) is 0.359. The maximum Gasteiger partial charge on any atom is 0.136 e. The summed E-state index contributed by atoms with van der Waals surface area (Å²) >= 11 is 1.94. The Bertz CT molecular complexity index is 3700. The highest BCUT2D eigenvalue weighted by Crippen LogP contribution is 2.56. The van der Waals surface area contributed by atoms with E-state index in [1.54, 1.807) is 0 Å². The summed E-state index contributed by atoms with van der Waals surface area (Å²) < 4.78 is 6.26. The van der Waals surface area contributed by atoms with E-state index < -0.39 is 0 Å². The second-order valence-corrected chi connectivity index (χ2v) is 19.1. The first-order valence-electron chi connectivity index (χ1n) is 22.0. The number of hydrogen-bond donors (Lipinski definition) is 0. The zero-order valence-electron chi connectivity index (χ0n) is 35.3. The predicted molar refractivity (Wildman–Crippen MR) is 271 cm³/mol. The van der Waals surface area contributed by atoms with Gasteiger partial charge in [0, 0.05) is 27.0 Å². The number of fused-ring (bicyclic) bond motifs is 12. The van der Waals surface area contributed by atoms with Gasteiger partial charge in [-0.3, -0.25) is 0 Å². The number of hydrogen-bond acceptors (Lipinski definition) is 2. The minimum absolute atomic E-state index is 0.181. The van der Waals surface area contributed by atoms with E-state index >= 15 is 0 Å². The Balaban J connectivity index is 0.875. The van der Waals surface area contributed by atoms with Crippen LogP contribution in [-0.2, 0) is 5.41 Å². The number of allylic oxidation sites excluding steroid dienone is 4. The van der Waals surface area contributed by atoms with E-state index in [-0.39, 0.29) is 5.41 Å². The fourth-order valence-corrected chi connectivity index (χ4v) is 12.6. The molecule has 2 heterocycles. The van der Waals surface area contributed by atoms with Gasteiger partial charge in [0.1, 0.15) is 11.2 Å². The molecular formula is C61H42OS. The Hall–Kier alpha value is -7.13. The van der Waals surface area contributed by atoms with Gasteiger partial charge in [0.15, 0.2) is 0 Å². The van der Waals surface area contributed by atoms with Crippen molar-refractivity contribution >= 4 is 83.7 Å². The van der Waals surface area contributed by atoms with Crippen LogP contribution in [0.1, 0.15) is 59.6 Å². The molecule has 13 rings (SSSR count). The Kier molecular flexibility index (Phi) is 7.79. The van der Waals surface area contributed by atoms with Crippen LogP contribution >= 0.6 is 11.8 Å². The normalized spacial score (nSPS) is 15.9. The molecule has 3 aliphatic rings. The minimum atomic E-state index is -0.181. The third-order valence-electron chi connectivity index (χ3n) is 14.4. The maximum atomic E-state index is 6.26. The average Bonchev–Trinajstić information content (AvgIpc) is 3.94. The second-order valence-electron chi connectivity index (χ2n) is 18.0. The first kappa shape index (κ1) is 36.5. The summed E-state index contributed by atoms with van der Waals surface area (Å²) in [7, 11) is 0. The van der Waals surface area contributed by atoms with E-state index in [9.17, 15) is 0 Å². The summed E-state index contributed by atoms with van der Waals surface area (Å²) in [5, 5.41) is 9.85. The quantitative estimate of drug-likeness (QED) is 0.160.